The maximum Gasteiger partial charge on any atom is 0.336 e. The van der Waals surface area contributed by atoms with Gasteiger partial charge in [0.1, 0.15) is 6.61 Å². The van der Waals surface area contributed by atoms with Gasteiger partial charge in [0, 0.05) is 0 Å². The van der Waals surface area contributed by atoms with Gasteiger partial charge in [0.25, 0.3) is 0 Å². The first-order valence-corrected chi connectivity index (χ1v) is 7.79. The van der Waals surface area contributed by atoms with E-state index >= 15 is 0 Å². The van der Waals surface area contributed by atoms with Crippen molar-refractivity contribution in [2.24, 2.45) is 5.92 Å². The Bertz CT molecular complexity index is 288. The fourth-order valence-electron chi connectivity index (χ4n) is 1.73. The third-order valence-electron chi connectivity index (χ3n) is 3.15. The second-order valence-electron chi connectivity index (χ2n) is 5.02. The summed E-state index contributed by atoms with van der Waals surface area (Å²) >= 11 is 0. The summed E-state index contributed by atoms with van der Waals surface area (Å²) in [6.07, 6.45) is 6.12. The molecular formula is C16H30O5. The van der Waals surface area contributed by atoms with Crippen molar-refractivity contribution in [3.63, 3.8) is 0 Å². The van der Waals surface area contributed by atoms with Gasteiger partial charge in [-0.3, -0.25) is 0 Å². The monoisotopic (exact) mass is 302 g/mol. The van der Waals surface area contributed by atoms with Crippen molar-refractivity contribution in [3.8, 4) is 0 Å². The van der Waals surface area contributed by atoms with Crippen molar-refractivity contribution >= 4 is 5.97 Å². The van der Waals surface area contributed by atoms with Crippen LogP contribution in [0.1, 0.15) is 46.5 Å². The Labute approximate surface area is 128 Å². The molecule has 0 saturated carbocycles. The first-order chi connectivity index (χ1) is 10.2. The van der Waals surface area contributed by atoms with Crippen LogP contribution in [-0.4, -0.2) is 44.1 Å². The quantitative estimate of drug-likeness (QED) is 0.245. The van der Waals surface area contributed by atoms with Gasteiger partial charge >= 0.3 is 5.97 Å². The highest BCUT2D eigenvalue weighted by molar-refractivity contribution is 5.87. The Balaban J connectivity index is 3.85. The number of ether oxygens (including phenoxy) is 3. The van der Waals surface area contributed by atoms with Gasteiger partial charge < -0.3 is 19.3 Å². The van der Waals surface area contributed by atoms with Gasteiger partial charge in [0.15, 0.2) is 0 Å². The highest BCUT2D eigenvalue weighted by Gasteiger charge is 2.08. The van der Waals surface area contributed by atoms with Gasteiger partial charge in [-0.15, -0.1) is 0 Å². The molecule has 5 nitrogen and oxygen atoms in total. The van der Waals surface area contributed by atoms with E-state index in [-0.39, 0.29) is 26.4 Å². The molecule has 0 aliphatic heterocycles. The molecule has 0 bridgehead atoms. The molecule has 0 rings (SSSR count). The molecule has 1 N–H and O–H groups in total. The topological polar surface area (TPSA) is 65.0 Å². The number of hydrogen-bond donors (Lipinski definition) is 1. The summed E-state index contributed by atoms with van der Waals surface area (Å²) in [6, 6.07) is 0. The van der Waals surface area contributed by atoms with E-state index < -0.39 is 5.97 Å². The molecule has 0 aliphatic carbocycles. The van der Waals surface area contributed by atoms with Crippen LogP contribution in [0, 0.1) is 5.92 Å². The zero-order valence-corrected chi connectivity index (χ0v) is 13.6. The molecular weight excluding hydrogens is 272 g/mol. The van der Waals surface area contributed by atoms with Crippen molar-refractivity contribution in [2.45, 2.75) is 46.5 Å². The Morgan fingerprint density at radius 2 is 2.00 bits per heavy atom. The lowest BCUT2D eigenvalue weighted by Crippen LogP contribution is -2.13. The van der Waals surface area contributed by atoms with Crippen LogP contribution in [0.25, 0.3) is 0 Å². The van der Waals surface area contributed by atoms with Crippen LogP contribution in [0.3, 0.4) is 0 Å². The van der Waals surface area contributed by atoms with Gasteiger partial charge in [-0.25, -0.2) is 4.79 Å². The highest BCUT2D eigenvalue weighted by atomic mass is 16.6. The van der Waals surface area contributed by atoms with E-state index in [1.165, 1.54) is 19.1 Å². The summed E-state index contributed by atoms with van der Waals surface area (Å²) < 4.78 is 15.5. The third-order valence-corrected chi connectivity index (χ3v) is 3.15. The number of aliphatic hydroxyl groups is 1. The molecule has 0 aromatic rings. The summed E-state index contributed by atoms with van der Waals surface area (Å²) in [5.41, 5.74) is 0.447. The normalized spacial score (nSPS) is 13.0. The Morgan fingerprint density at radius 3 is 2.62 bits per heavy atom. The average molecular weight is 302 g/mol. The molecule has 0 radical (unpaired) electrons. The molecule has 0 aliphatic rings. The standard InChI is InChI=1S/C16H30O5/c1-4-6-7-15(5-2)13-20-12-14(3)16(18)21-11-10-19-9-8-17/h12,15,17H,4-11,13H2,1-3H3. The summed E-state index contributed by atoms with van der Waals surface area (Å²) in [5.74, 6) is 0.140. The van der Waals surface area contributed by atoms with E-state index in [1.807, 2.05) is 0 Å². The Kier molecular flexibility index (Phi) is 13.2. The molecule has 0 fully saturated rings. The van der Waals surface area contributed by atoms with Crippen molar-refractivity contribution < 1.29 is 24.1 Å². The molecule has 5 heteroatoms. The van der Waals surface area contributed by atoms with Crippen molar-refractivity contribution in [2.75, 3.05) is 33.0 Å². The van der Waals surface area contributed by atoms with Gasteiger partial charge in [-0.05, 0) is 19.3 Å². The van der Waals surface area contributed by atoms with Crippen LogP contribution in [0.5, 0.6) is 0 Å². The third kappa shape index (κ3) is 11.3. The Hall–Kier alpha value is -1.07. The lowest BCUT2D eigenvalue weighted by molar-refractivity contribution is -0.140. The number of rotatable bonds is 13. The van der Waals surface area contributed by atoms with Crippen LogP contribution >= 0.6 is 0 Å². The molecule has 1 unspecified atom stereocenters. The number of carbonyl (C=O) groups excluding carboxylic acids is 1. The van der Waals surface area contributed by atoms with E-state index in [4.69, 9.17) is 19.3 Å². The molecule has 21 heavy (non-hydrogen) atoms. The molecule has 0 saturated heterocycles. The number of unbranched alkanes of at least 4 members (excludes halogenated alkanes) is 1. The highest BCUT2D eigenvalue weighted by Crippen LogP contribution is 2.13. The van der Waals surface area contributed by atoms with E-state index in [2.05, 4.69) is 13.8 Å². The number of aliphatic hydroxyl groups excluding tert-OH is 1. The van der Waals surface area contributed by atoms with E-state index in [0.29, 0.717) is 18.1 Å². The average Bonchev–Trinajstić information content (AvgIpc) is 2.50. The molecule has 0 aromatic carbocycles. The number of carbonyl (C=O) groups is 1. The van der Waals surface area contributed by atoms with Crippen LogP contribution in [-0.2, 0) is 19.0 Å². The predicted molar refractivity (Wildman–Crippen MR) is 81.9 cm³/mol. The van der Waals surface area contributed by atoms with Gasteiger partial charge in [0.05, 0.1) is 38.3 Å². The van der Waals surface area contributed by atoms with Crippen molar-refractivity contribution in [1.82, 2.24) is 0 Å². The number of hydrogen-bond acceptors (Lipinski definition) is 5. The minimum atomic E-state index is -0.399. The van der Waals surface area contributed by atoms with E-state index in [1.54, 1.807) is 6.92 Å². The van der Waals surface area contributed by atoms with E-state index in [9.17, 15) is 4.79 Å². The first kappa shape index (κ1) is 19.9. The molecule has 0 aromatic heterocycles. The van der Waals surface area contributed by atoms with Crippen molar-refractivity contribution in [3.05, 3.63) is 11.8 Å². The van der Waals surface area contributed by atoms with Crippen LogP contribution in [0.15, 0.2) is 11.8 Å². The SMILES string of the molecule is CCCCC(CC)COC=C(C)C(=O)OCCOCCO. The summed E-state index contributed by atoms with van der Waals surface area (Å²) in [5, 5.41) is 8.52. The minimum Gasteiger partial charge on any atom is -0.500 e. The summed E-state index contributed by atoms with van der Waals surface area (Å²) in [6.45, 7) is 7.33. The molecule has 0 heterocycles. The first-order valence-electron chi connectivity index (χ1n) is 7.79. The lowest BCUT2D eigenvalue weighted by atomic mass is 10.0. The zero-order chi connectivity index (χ0) is 15.9. The van der Waals surface area contributed by atoms with Crippen LogP contribution < -0.4 is 0 Å². The maximum absolute atomic E-state index is 11.6. The summed E-state index contributed by atoms with van der Waals surface area (Å²) in [7, 11) is 0. The molecule has 1 atom stereocenters. The fourth-order valence-corrected chi connectivity index (χ4v) is 1.73. The zero-order valence-electron chi connectivity index (χ0n) is 13.6. The lowest BCUT2D eigenvalue weighted by Gasteiger charge is -2.13. The minimum absolute atomic E-state index is 0.0304. The molecule has 124 valence electrons. The van der Waals surface area contributed by atoms with Gasteiger partial charge in [-0.2, -0.15) is 0 Å². The van der Waals surface area contributed by atoms with Crippen molar-refractivity contribution in [1.29, 1.82) is 0 Å². The van der Waals surface area contributed by atoms with Crippen LogP contribution in [0.2, 0.25) is 0 Å². The maximum atomic E-state index is 11.6. The number of esters is 1. The summed E-state index contributed by atoms with van der Waals surface area (Å²) in [4.78, 5) is 11.6. The second-order valence-corrected chi connectivity index (χ2v) is 5.02. The van der Waals surface area contributed by atoms with Gasteiger partial charge in [-0.1, -0.05) is 33.1 Å². The smallest absolute Gasteiger partial charge is 0.336 e. The van der Waals surface area contributed by atoms with E-state index in [0.717, 1.165) is 12.8 Å². The predicted octanol–water partition coefficient (Wildman–Crippen LogP) is 2.68. The Morgan fingerprint density at radius 1 is 1.24 bits per heavy atom. The molecule has 0 spiro atoms. The van der Waals surface area contributed by atoms with Crippen LogP contribution in [0.4, 0.5) is 0 Å². The molecule has 0 amide bonds. The second kappa shape index (κ2) is 13.9. The fraction of sp³-hybridized carbons (Fsp3) is 0.812. The van der Waals surface area contributed by atoms with Gasteiger partial charge in [0.2, 0.25) is 0 Å². The largest absolute Gasteiger partial charge is 0.500 e.